The fourth-order valence-electron chi connectivity index (χ4n) is 10.6. The summed E-state index contributed by atoms with van der Waals surface area (Å²) in [5.41, 5.74) is 20.9. The third-order valence-corrected chi connectivity index (χ3v) is 13.8. The summed E-state index contributed by atoms with van der Waals surface area (Å²) in [6.45, 7) is 13.4. The second kappa shape index (κ2) is 20.5. The molecule has 0 N–H and O–H groups in total. The number of benzene rings is 9. The fraction of sp³-hybridized carbons (Fsp3) is 0.103. The largest absolute Gasteiger partial charge is 0.263 e. The summed E-state index contributed by atoms with van der Waals surface area (Å²) in [6.07, 6.45) is 0. The maximum atomic E-state index is 5.52. The number of hydrogen-bond donors (Lipinski definition) is 0. The monoisotopic (exact) mass is 956 g/mol. The van der Waals surface area contributed by atoms with Crippen molar-refractivity contribution in [1.29, 1.82) is 0 Å². The van der Waals surface area contributed by atoms with Gasteiger partial charge in [0.15, 0.2) is 17.5 Å². The van der Waals surface area contributed by atoms with Crippen molar-refractivity contribution < 1.29 is 0 Å². The number of rotatable bonds is 12. The molecule has 74 heavy (non-hydrogen) atoms. The van der Waals surface area contributed by atoms with Crippen LogP contribution in [0.2, 0.25) is 0 Å². The van der Waals surface area contributed by atoms with Crippen molar-refractivity contribution in [3.63, 3.8) is 0 Å². The van der Waals surface area contributed by atoms with E-state index in [2.05, 4.69) is 186 Å². The molecule has 2 aromatic heterocycles. The summed E-state index contributed by atoms with van der Waals surface area (Å²) >= 11 is 0. The van der Waals surface area contributed by atoms with Crippen molar-refractivity contribution >= 4 is 17.5 Å². The van der Waals surface area contributed by atoms with Crippen molar-refractivity contribution in [3.8, 4) is 67.7 Å². The molecule has 0 fully saturated rings. The van der Waals surface area contributed by atoms with Crippen LogP contribution in [0.3, 0.4) is 0 Å². The van der Waals surface area contributed by atoms with Gasteiger partial charge in [0.25, 0.3) is 0 Å². The molecular weight excluding hydrogens is 901 g/mol. The lowest BCUT2D eigenvalue weighted by Crippen LogP contribution is -2.18. The van der Waals surface area contributed by atoms with E-state index in [9.17, 15) is 0 Å². The Labute approximate surface area is 434 Å². The maximum Gasteiger partial charge on any atom is 0.239 e. The number of nitrogens with zero attached hydrogens (tertiary/aromatic N) is 6. The highest BCUT2D eigenvalue weighted by molar-refractivity contribution is 5.82. The minimum absolute atomic E-state index is 0.0173. The zero-order chi connectivity index (χ0) is 50.7. The number of hydrogen-bond acceptors (Lipinski definition) is 6. The minimum atomic E-state index is -0.0173. The van der Waals surface area contributed by atoms with Gasteiger partial charge in [-0.3, -0.25) is 4.90 Å². The zero-order valence-corrected chi connectivity index (χ0v) is 42.6. The van der Waals surface area contributed by atoms with E-state index >= 15 is 0 Å². The van der Waals surface area contributed by atoms with Gasteiger partial charge < -0.3 is 0 Å². The molecule has 0 amide bonds. The van der Waals surface area contributed by atoms with Crippen molar-refractivity contribution in [3.05, 3.63) is 275 Å². The highest BCUT2D eigenvalue weighted by Crippen LogP contribution is 2.43. The molecule has 0 bridgehead atoms. The van der Waals surface area contributed by atoms with Crippen LogP contribution in [0, 0.1) is 41.5 Å². The minimum Gasteiger partial charge on any atom is -0.263 e. The van der Waals surface area contributed by atoms with E-state index in [1.807, 2.05) is 84.9 Å². The second-order valence-corrected chi connectivity index (χ2v) is 19.3. The molecule has 358 valence electrons. The van der Waals surface area contributed by atoms with E-state index < -0.39 is 0 Å². The Morgan fingerprint density at radius 3 is 1.14 bits per heavy atom. The third kappa shape index (κ3) is 9.78. The highest BCUT2D eigenvalue weighted by atomic mass is 15.3. The molecule has 0 saturated heterocycles. The van der Waals surface area contributed by atoms with E-state index in [0.717, 1.165) is 55.9 Å². The van der Waals surface area contributed by atoms with Gasteiger partial charge >= 0.3 is 0 Å². The molecule has 0 aliphatic rings. The number of aromatic nitrogens is 5. The van der Waals surface area contributed by atoms with Crippen LogP contribution in [-0.2, 0) is 0 Å². The molecule has 6 heteroatoms. The molecule has 0 radical (unpaired) electrons. The summed E-state index contributed by atoms with van der Waals surface area (Å²) < 4.78 is 0. The normalized spacial score (nSPS) is 11.2. The predicted octanol–water partition coefficient (Wildman–Crippen LogP) is 17.2. The Morgan fingerprint density at radius 1 is 0.311 bits per heavy atom. The molecule has 9 aromatic carbocycles. The maximum absolute atomic E-state index is 5.52. The van der Waals surface area contributed by atoms with Gasteiger partial charge in [-0.1, -0.05) is 199 Å². The molecular formula is C68H56N6. The van der Waals surface area contributed by atoms with Gasteiger partial charge in [0.05, 0.1) is 11.4 Å². The lowest BCUT2D eigenvalue weighted by atomic mass is 9.77. The van der Waals surface area contributed by atoms with Crippen LogP contribution >= 0.6 is 0 Å². The number of aryl methyl sites for hydroxylation is 6. The molecule has 0 aliphatic carbocycles. The van der Waals surface area contributed by atoms with Gasteiger partial charge in [0.1, 0.15) is 5.82 Å². The van der Waals surface area contributed by atoms with E-state index in [4.69, 9.17) is 24.9 Å². The molecule has 0 spiro atoms. The lowest BCUT2D eigenvalue weighted by molar-refractivity contribution is 0.918. The molecule has 0 saturated carbocycles. The van der Waals surface area contributed by atoms with Crippen LogP contribution in [0.4, 0.5) is 17.5 Å². The first-order valence-corrected chi connectivity index (χ1v) is 25.3. The summed E-state index contributed by atoms with van der Waals surface area (Å²) in [6, 6.07) is 78.4. The van der Waals surface area contributed by atoms with E-state index in [0.29, 0.717) is 29.2 Å². The van der Waals surface area contributed by atoms with Crippen molar-refractivity contribution in [2.75, 3.05) is 4.90 Å². The third-order valence-electron chi connectivity index (χ3n) is 13.8. The first kappa shape index (κ1) is 47.2. The van der Waals surface area contributed by atoms with Crippen LogP contribution in [0.15, 0.2) is 224 Å². The summed E-state index contributed by atoms with van der Waals surface area (Å²) in [7, 11) is 0. The van der Waals surface area contributed by atoms with E-state index in [1.54, 1.807) is 0 Å². The van der Waals surface area contributed by atoms with E-state index in [1.165, 1.54) is 50.1 Å². The second-order valence-electron chi connectivity index (χ2n) is 19.3. The van der Waals surface area contributed by atoms with Crippen molar-refractivity contribution in [1.82, 2.24) is 24.9 Å². The molecule has 6 nitrogen and oxygen atoms in total. The van der Waals surface area contributed by atoms with Gasteiger partial charge in [-0.15, -0.1) is 0 Å². The van der Waals surface area contributed by atoms with Gasteiger partial charge in [-0.25, -0.2) is 15.0 Å². The average molecular weight is 957 g/mol. The van der Waals surface area contributed by atoms with Crippen molar-refractivity contribution in [2.45, 2.75) is 47.5 Å². The molecule has 0 unspecified atom stereocenters. The topological polar surface area (TPSA) is 67.7 Å². The first-order chi connectivity index (χ1) is 36.1. The molecule has 0 atom stereocenters. The molecule has 11 rings (SSSR count). The quantitative estimate of drug-likeness (QED) is 0.114. The van der Waals surface area contributed by atoms with Gasteiger partial charge in [0.2, 0.25) is 5.95 Å². The summed E-state index contributed by atoms with van der Waals surface area (Å²) in [5.74, 6) is 2.65. The Morgan fingerprint density at radius 2 is 0.689 bits per heavy atom. The van der Waals surface area contributed by atoms with Crippen molar-refractivity contribution in [2.24, 2.45) is 0 Å². The summed E-state index contributed by atoms with van der Waals surface area (Å²) in [5, 5.41) is 0. The lowest BCUT2D eigenvalue weighted by Gasteiger charge is -2.28. The van der Waals surface area contributed by atoms with Crippen LogP contribution in [0.5, 0.6) is 0 Å². The van der Waals surface area contributed by atoms with Crippen LogP contribution < -0.4 is 4.90 Å². The Hall–Kier alpha value is -9.13. The van der Waals surface area contributed by atoms with Crippen LogP contribution in [-0.4, -0.2) is 24.9 Å². The smallest absolute Gasteiger partial charge is 0.239 e. The van der Waals surface area contributed by atoms with E-state index in [-0.39, 0.29) is 5.92 Å². The van der Waals surface area contributed by atoms with Gasteiger partial charge in [0, 0.05) is 34.2 Å². The van der Waals surface area contributed by atoms with Crippen LogP contribution in [0.25, 0.3) is 67.7 Å². The first-order valence-electron chi connectivity index (χ1n) is 25.3. The average Bonchev–Trinajstić information content (AvgIpc) is 3.43. The Kier molecular flexibility index (Phi) is 13.1. The number of anilines is 3. The zero-order valence-electron chi connectivity index (χ0n) is 42.6. The summed E-state index contributed by atoms with van der Waals surface area (Å²) in [4.78, 5) is 28.9. The van der Waals surface area contributed by atoms with Crippen LogP contribution in [0.1, 0.15) is 56.0 Å². The Balaban J connectivity index is 1.17. The van der Waals surface area contributed by atoms with Gasteiger partial charge in [-0.2, -0.15) is 9.97 Å². The van der Waals surface area contributed by atoms with Gasteiger partial charge in [-0.05, 0) is 133 Å². The Bertz CT molecular complexity index is 3550. The standard InChI is InChI=1S/C68H56N6/c1-44-36-46(3)62(47(4)37-44)64(63-48(5)38-45(2)39-49(63)6)53-32-34-59(35-33-53)74(61-43-60(52-26-16-9-17-27-52)69-65(70-61)54-28-18-10-19-29-54)68-72-66(55-30-20-11-21-31-55)71-67(73-68)58-41-56(50-22-12-7-13-23-50)40-57(42-58)51-24-14-8-15-25-51/h7-43,64H,1-6H3. The molecule has 2 heterocycles. The fourth-order valence-corrected chi connectivity index (χ4v) is 10.6. The molecule has 11 aromatic rings. The SMILES string of the molecule is Cc1cc(C)c(C(c2ccc(N(c3cc(-c4ccccc4)nc(-c4ccccc4)n3)c3nc(-c4ccccc4)nc(-c4cc(-c5ccccc5)cc(-c5ccccc5)c4)n3)cc2)c2c(C)cc(C)cc2C)c(C)c1. The molecule has 0 aliphatic heterocycles. The highest BCUT2D eigenvalue weighted by Gasteiger charge is 2.27. The predicted molar refractivity (Wildman–Crippen MR) is 305 cm³/mol.